The first-order valence-corrected chi connectivity index (χ1v) is 7.15. The summed E-state index contributed by atoms with van der Waals surface area (Å²) in [4.78, 5) is 26.8. The van der Waals surface area contributed by atoms with Gasteiger partial charge in [0.1, 0.15) is 5.69 Å². The Balaban J connectivity index is 1.47. The van der Waals surface area contributed by atoms with E-state index in [1.807, 2.05) is 0 Å². The highest BCUT2D eigenvalue weighted by Crippen LogP contribution is 2.65. The molecule has 0 saturated heterocycles. The molecule has 5 nitrogen and oxygen atoms in total. The number of amides is 1. The van der Waals surface area contributed by atoms with Crippen LogP contribution in [0.1, 0.15) is 40.1 Å². The molecule has 2 N–H and O–H groups in total. The molecule has 4 atom stereocenters. The first kappa shape index (κ1) is 11.9. The molecule has 0 aliphatic heterocycles. The molecule has 0 spiro atoms. The van der Waals surface area contributed by atoms with Crippen LogP contribution in [0.5, 0.6) is 0 Å². The maximum Gasteiger partial charge on any atom is 0.354 e. The zero-order valence-corrected chi connectivity index (χ0v) is 11.0. The van der Waals surface area contributed by atoms with Crippen molar-refractivity contribution in [3.63, 3.8) is 0 Å². The number of carboxylic acid groups (broad SMARTS) is 1. The smallest absolute Gasteiger partial charge is 0.354 e. The third-order valence-electron chi connectivity index (χ3n) is 5.27. The number of carbonyl (C=O) groups excluding carboxylic acids is 1. The fraction of sp³-hybridized carbons (Fsp3) is 0.533. The van der Waals surface area contributed by atoms with Gasteiger partial charge in [-0.25, -0.2) is 9.78 Å². The average molecular weight is 272 g/mol. The number of fused-ring (bicyclic) bond motifs is 5. The van der Waals surface area contributed by atoms with Crippen LogP contribution in [0.15, 0.2) is 18.3 Å². The number of nitrogens with zero attached hydrogens (tertiary/aromatic N) is 1. The molecule has 0 radical (unpaired) electrons. The van der Waals surface area contributed by atoms with E-state index < -0.39 is 5.97 Å². The Kier molecular flexibility index (Phi) is 2.40. The summed E-state index contributed by atoms with van der Waals surface area (Å²) in [6, 6.07) is 3.22. The second-order valence-electron chi connectivity index (χ2n) is 6.22. The highest BCUT2D eigenvalue weighted by molar-refractivity contribution is 5.97. The molecule has 3 fully saturated rings. The van der Waals surface area contributed by atoms with E-state index in [0.717, 1.165) is 11.8 Å². The lowest BCUT2D eigenvalue weighted by Crippen LogP contribution is -2.30. The van der Waals surface area contributed by atoms with Crippen molar-refractivity contribution in [3.05, 3.63) is 29.6 Å². The largest absolute Gasteiger partial charge is 0.477 e. The van der Waals surface area contributed by atoms with Gasteiger partial charge in [0, 0.05) is 17.8 Å². The van der Waals surface area contributed by atoms with Crippen molar-refractivity contribution in [2.24, 2.45) is 23.7 Å². The van der Waals surface area contributed by atoms with E-state index in [1.165, 1.54) is 31.5 Å². The van der Waals surface area contributed by atoms with Crippen LogP contribution in [0.25, 0.3) is 0 Å². The van der Waals surface area contributed by atoms with Gasteiger partial charge in [-0.3, -0.25) is 4.79 Å². The van der Waals surface area contributed by atoms with Gasteiger partial charge in [-0.05, 0) is 55.1 Å². The van der Waals surface area contributed by atoms with E-state index in [-0.39, 0.29) is 11.6 Å². The van der Waals surface area contributed by atoms with E-state index >= 15 is 0 Å². The van der Waals surface area contributed by atoms with Crippen LogP contribution in [0, 0.1) is 23.7 Å². The van der Waals surface area contributed by atoms with Crippen molar-refractivity contribution in [1.29, 1.82) is 0 Å². The second-order valence-corrected chi connectivity index (χ2v) is 6.22. The van der Waals surface area contributed by atoms with Crippen LogP contribution in [0.4, 0.5) is 0 Å². The number of nitrogens with one attached hydrogen (secondary N) is 1. The Labute approximate surface area is 116 Å². The molecule has 4 rings (SSSR count). The van der Waals surface area contributed by atoms with E-state index in [1.54, 1.807) is 6.07 Å². The van der Waals surface area contributed by atoms with Gasteiger partial charge in [0.05, 0.1) is 0 Å². The van der Waals surface area contributed by atoms with Gasteiger partial charge in [0.15, 0.2) is 0 Å². The van der Waals surface area contributed by atoms with Gasteiger partial charge < -0.3 is 10.4 Å². The Morgan fingerprint density at radius 2 is 1.95 bits per heavy atom. The summed E-state index contributed by atoms with van der Waals surface area (Å²) in [6.07, 6.45) is 5.35. The molecule has 104 valence electrons. The number of aromatic carboxylic acids is 1. The third-order valence-corrected chi connectivity index (χ3v) is 5.27. The predicted molar refractivity (Wildman–Crippen MR) is 70.3 cm³/mol. The average Bonchev–Trinajstić information content (AvgIpc) is 2.84. The Hall–Kier alpha value is -1.91. The molecule has 0 aromatic carbocycles. The molecule has 20 heavy (non-hydrogen) atoms. The summed E-state index contributed by atoms with van der Waals surface area (Å²) in [5.41, 5.74) is 0.295. The van der Waals surface area contributed by atoms with Crippen molar-refractivity contribution in [3.8, 4) is 0 Å². The molecule has 5 heteroatoms. The van der Waals surface area contributed by atoms with Crippen LogP contribution in [0.3, 0.4) is 0 Å². The normalized spacial score (nSPS) is 36.5. The van der Waals surface area contributed by atoms with Crippen molar-refractivity contribution in [1.82, 2.24) is 10.3 Å². The standard InChI is InChI=1S/C15H16N2O3/c18-14(9-3-4-16-10(6-9)15(19)20)17-13-11-7-1-2-8(5-7)12(11)13/h3-4,6-8,11-13H,1-2,5H2,(H,17,18)(H,19,20). The van der Waals surface area contributed by atoms with Crippen LogP contribution in [0.2, 0.25) is 0 Å². The molecule has 3 aliphatic carbocycles. The minimum Gasteiger partial charge on any atom is -0.477 e. The third kappa shape index (κ3) is 1.65. The summed E-state index contributed by atoms with van der Waals surface area (Å²) in [5.74, 6) is 1.69. The second kappa shape index (κ2) is 4.04. The van der Waals surface area contributed by atoms with E-state index in [9.17, 15) is 9.59 Å². The summed E-state index contributed by atoms with van der Waals surface area (Å²) < 4.78 is 0. The van der Waals surface area contributed by atoms with E-state index in [4.69, 9.17) is 5.11 Å². The Morgan fingerprint density at radius 3 is 2.60 bits per heavy atom. The summed E-state index contributed by atoms with van der Waals surface area (Å²) in [5, 5.41) is 12.0. The molecule has 3 saturated carbocycles. The van der Waals surface area contributed by atoms with Gasteiger partial charge in [0.25, 0.3) is 5.91 Å². The summed E-state index contributed by atoms with van der Waals surface area (Å²) >= 11 is 0. The fourth-order valence-corrected chi connectivity index (χ4v) is 4.44. The van der Waals surface area contributed by atoms with Crippen LogP contribution >= 0.6 is 0 Å². The fourth-order valence-electron chi connectivity index (χ4n) is 4.44. The lowest BCUT2D eigenvalue weighted by molar-refractivity contribution is 0.0690. The van der Waals surface area contributed by atoms with Gasteiger partial charge in [-0.2, -0.15) is 0 Å². The molecule has 4 unspecified atom stereocenters. The predicted octanol–water partition coefficient (Wildman–Crippen LogP) is 1.55. The quantitative estimate of drug-likeness (QED) is 0.875. The molecular formula is C15H16N2O3. The van der Waals surface area contributed by atoms with Crippen LogP contribution < -0.4 is 5.32 Å². The van der Waals surface area contributed by atoms with Crippen molar-refractivity contribution in [2.75, 3.05) is 0 Å². The SMILES string of the molecule is O=C(NC1C2C3CCC(C3)C12)c1ccnc(C(=O)O)c1. The number of carbonyl (C=O) groups is 2. The number of carboxylic acids is 1. The maximum absolute atomic E-state index is 12.2. The van der Waals surface area contributed by atoms with E-state index in [2.05, 4.69) is 10.3 Å². The number of aromatic nitrogens is 1. The van der Waals surface area contributed by atoms with Crippen molar-refractivity contribution in [2.45, 2.75) is 25.3 Å². The van der Waals surface area contributed by atoms with Gasteiger partial charge >= 0.3 is 5.97 Å². The zero-order chi connectivity index (χ0) is 13.9. The van der Waals surface area contributed by atoms with Crippen LogP contribution in [-0.2, 0) is 0 Å². The molecule has 3 aliphatic rings. The van der Waals surface area contributed by atoms with Crippen molar-refractivity contribution >= 4 is 11.9 Å². The minimum absolute atomic E-state index is 0.0892. The topological polar surface area (TPSA) is 79.3 Å². The molecule has 1 heterocycles. The maximum atomic E-state index is 12.2. The van der Waals surface area contributed by atoms with Crippen molar-refractivity contribution < 1.29 is 14.7 Å². The van der Waals surface area contributed by atoms with Gasteiger partial charge in [-0.1, -0.05) is 0 Å². The minimum atomic E-state index is -1.11. The van der Waals surface area contributed by atoms with Gasteiger partial charge in [0.2, 0.25) is 0 Å². The number of hydrogen-bond acceptors (Lipinski definition) is 3. The lowest BCUT2D eigenvalue weighted by atomic mass is 10.0. The molecule has 1 aromatic heterocycles. The van der Waals surface area contributed by atoms with E-state index in [0.29, 0.717) is 23.4 Å². The molecule has 2 bridgehead atoms. The van der Waals surface area contributed by atoms with Gasteiger partial charge in [-0.15, -0.1) is 0 Å². The molecule has 1 amide bonds. The zero-order valence-electron chi connectivity index (χ0n) is 11.0. The number of pyridine rings is 1. The highest BCUT2D eigenvalue weighted by Gasteiger charge is 2.65. The van der Waals surface area contributed by atoms with Crippen LogP contribution in [-0.4, -0.2) is 28.0 Å². The summed E-state index contributed by atoms with van der Waals surface area (Å²) in [6.45, 7) is 0. The Bertz CT molecular complexity index is 585. The first-order valence-electron chi connectivity index (χ1n) is 7.15. The lowest BCUT2D eigenvalue weighted by Gasteiger charge is -2.10. The Morgan fingerprint density at radius 1 is 1.25 bits per heavy atom. The number of hydrogen-bond donors (Lipinski definition) is 2. The first-order chi connectivity index (χ1) is 9.65. The monoisotopic (exact) mass is 272 g/mol. The highest BCUT2D eigenvalue weighted by atomic mass is 16.4. The summed E-state index contributed by atoms with van der Waals surface area (Å²) in [7, 11) is 0. The number of rotatable bonds is 3. The molecular weight excluding hydrogens is 256 g/mol. The molecule has 1 aromatic rings.